The van der Waals surface area contributed by atoms with Crippen LogP contribution in [-0.2, 0) is 16.1 Å². The van der Waals surface area contributed by atoms with Crippen molar-refractivity contribution in [2.24, 2.45) is 5.92 Å². The van der Waals surface area contributed by atoms with Crippen molar-refractivity contribution in [1.82, 2.24) is 0 Å². The van der Waals surface area contributed by atoms with Gasteiger partial charge in [0.2, 0.25) is 0 Å². The third-order valence-corrected chi connectivity index (χ3v) is 5.96. The molecule has 30 heavy (non-hydrogen) atoms. The molecule has 1 rings (SSSR count). The van der Waals surface area contributed by atoms with E-state index in [1.807, 2.05) is 30.3 Å². The first-order valence-electron chi connectivity index (χ1n) is 12.6. The normalized spacial score (nSPS) is 12.1. The molecule has 1 aromatic carbocycles. The van der Waals surface area contributed by atoms with Gasteiger partial charge in [0.1, 0.15) is 6.61 Å². The van der Waals surface area contributed by atoms with Crippen LogP contribution in [0.5, 0.6) is 0 Å². The molecule has 3 nitrogen and oxygen atoms in total. The lowest BCUT2D eigenvalue weighted by Gasteiger charge is -2.13. The van der Waals surface area contributed by atoms with Crippen molar-refractivity contribution in [3.8, 4) is 0 Å². The SMILES string of the molecule is CCCCCCCCCC(CO)CCCCCCCCC(=O)OCc1ccccc1. The molecule has 172 valence electrons. The third-order valence-electron chi connectivity index (χ3n) is 5.96. The Hall–Kier alpha value is -1.35. The maximum Gasteiger partial charge on any atom is 0.306 e. The fourth-order valence-electron chi connectivity index (χ4n) is 3.94. The summed E-state index contributed by atoms with van der Waals surface area (Å²) in [6.45, 7) is 2.99. The van der Waals surface area contributed by atoms with Crippen LogP contribution in [-0.4, -0.2) is 17.7 Å². The summed E-state index contributed by atoms with van der Waals surface area (Å²) in [4.78, 5) is 11.8. The summed E-state index contributed by atoms with van der Waals surface area (Å²) in [6.07, 6.45) is 19.2. The van der Waals surface area contributed by atoms with Gasteiger partial charge in [-0.25, -0.2) is 0 Å². The Morgan fingerprint density at radius 3 is 1.90 bits per heavy atom. The summed E-state index contributed by atoms with van der Waals surface area (Å²) in [7, 11) is 0. The summed E-state index contributed by atoms with van der Waals surface area (Å²) in [5.41, 5.74) is 1.04. The number of aliphatic hydroxyl groups is 1. The van der Waals surface area contributed by atoms with Crippen LogP contribution in [0.4, 0.5) is 0 Å². The molecule has 3 heteroatoms. The number of hydrogen-bond acceptors (Lipinski definition) is 3. The summed E-state index contributed by atoms with van der Waals surface area (Å²) in [6, 6.07) is 9.83. The number of rotatable bonds is 20. The van der Waals surface area contributed by atoms with Crippen molar-refractivity contribution in [2.45, 2.75) is 116 Å². The van der Waals surface area contributed by atoms with Gasteiger partial charge in [0.25, 0.3) is 0 Å². The first kappa shape index (κ1) is 26.7. The van der Waals surface area contributed by atoms with E-state index in [1.165, 1.54) is 77.0 Å². The average molecular weight is 419 g/mol. The van der Waals surface area contributed by atoms with Crippen molar-refractivity contribution in [3.63, 3.8) is 0 Å². The number of carbonyl (C=O) groups excluding carboxylic acids is 1. The van der Waals surface area contributed by atoms with E-state index in [0.717, 1.165) is 24.8 Å². The van der Waals surface area contributed by atoms with E-state index in [4.69, 9.17) is 4.74 Å². The first-order chi connectivity index (χ1) is 14.8. The van der Waals surface area contributed by atoms with Crippen molar-refractivity contribution < 1.29 is 14.6 Å². The second-order valence-corrected chi connectivity index (χ2v) is 8.76. The summed E-state index contributed by atoms with van der Waals surface area (Å²) < 4.78 is 5.31. The molecule has 0 aromatic heterocycles. The summed E-state index contributed by atoms with van der Waals surface area (Å²) in [5.74, 6) is 0.412. The van der Waals surface area contributed by atoms with Gasteiger partial charge in [-0.2, -0.15) is 0 Å². The van der Waals surface area contributed by atoms with Crippen LogP contribution in [0.15, 0.2) is 30.3 Å². The predicted octanol–water partition coefficient (Wildman–Crippen LogP) is 7.60. The zero-order valence-corrected chi connectivity index (χ0v) is 19.5. The molecule has 0 fully saturated rings. The van der Waals surface area contributed by atoms with Crippen molar-refractivity contribution in [3.05, 3.63) is 35.9 Å². The highest BCUT2D eigenvalue weighted by Crippen LogP contribution is 2.19. The highest BCUT2D eigenvalue weighted by Gasteiger charge is 2.07. The molecular formula is C27H46O3. The maximum absolute atomic E-state index is 11.8. The van der Waals surface area contributed by atoms with E-state index >= 15 is 0 Å². The topological polar surface area (TPSA) is 46.5 Å². The Morgan fingerprint density at radius 2 is 1.33 bits per heavy atom. The first-order valence-corrected chi connectivity index (χ1v) is 12.6. The summed E-state index contributed by atoms with van der Waals surface area (Å²) >= 11 is 0. The molecule has 0 saturated heterocycles. The molecule has 0 saturated carbocycles. The zero-order chi connectivity index (χ0) is 21.7. The lowest BCUT2D eigenvalue weighted by molar-refractivity contribution is -0.145. The number of benzene rings is 1. The Bertz CT molecular complexity index is 500. The number of aliphatic hydroxyl groups excluding tert-OH is 1. The van der Waals surface area contributed by atoms with Gasteiger partial charge in [-0.3, -0.25) is 4.79 Å². The van der Waals surface area contributed by atoms with Crippen molar-refractivity contribution in [1.29, 1.82) is 0 Å². The second kappa shape index (κ2) is 19.6. The van der Waals surface area contributed by atoms with Crippen LogP contribution < -0.4 is 0 Å². The molecular weight excluding hydrogens is 372 g/mol. The quantitative estimate of drug-likeness (QED) is 0.175. The predicted molar refractivity (Wildman–Crippen MR) is 126 cm³/mol. The lowest BCUT2D eigenvalue weighted by atomic mass is 9.95. The molecule has 0 amide bonds. The molecule has 0 radical (unpaired) electrons. The Labute approximate surface area is 185 Å². The fourth-order valence-corrected chi connectivity index (χ4v) is 3.94. The number of esters is 1. The molecule has 0 spiro atoms. The Morgan fingerprint density at radius 1 is 0.800 bits per heavy atom. The monoisotopic (exact) mass is 418 g/mol. The van der Waals surface area contributed by atoms with E-state index in [1.54, 1.807) is 0 Å². The van der Waals surface area contributed by atoms with Crippen molar-refractivity contribution >= 4 is 5.97 Å². The Kier molecular flexibility index (Phi) is 17.4. The number of carbonyl (C=O) groups is 1. The van der Waals surface area contributed by atoms with Crippen LogP contribution in [0.1, 0.15) is 115 Å². The molecule has 1 aromatic rings. The van der Waals surface area contributed by atoms with E-state index in [-0.39, 0.29) is 5.97 Å². The highest BCUT2D eigenvalue weighted by molar-refractivity contribution is 5.69. The van der Waals surface area contributed by atoms with Crippen LogP contribution in [0.2, 0.25) is 0 Å². The molecule has 1 atom stereocenters. The van der Waals surface area contributed by atoms with E-state index in [0.29, 0.717) is 25.6 Å². The molecule has 0 aliphatic rings. The molecule has 0 heterocycles. The minimum Gasteiger partial charge on any atom is -0.461 e. The molecule has 1 unspecified atom stereocenters. The molecule has 0 bridgehead atoms. The van der Waals surface area contributed by atoms with E-state index in [2.05, 4.69) is 6.92 Å². The van der Waals surface area contributed by atoms with E-state index < -0.39 is 0 Å². The van der Waals surface area contributed by atoms with Gasteiger partial charge < -0.3 is 9.84 Å². The Balaban J connectivity index is 1.88. The van der Waals surface area contributed by atoms with Gasteiger partial charge in [0, 0.05) is 13.0 Å². The third kappa shape index (κ3) is 15.5. The van der Waals surface area contributed by atoms with E-state index in [9.17, 15) is 9.90 Å². The summed E-state index contributed by atoms with van der Waals surface area (Å²) in [5, 5.41) is 9.60. The minimum absolute atomic E-state index is 0.0880. The van der Waals surface area contributed by atoms with Crippen LogP contribution in [0.25, 0.3) is 0 Å². The lowest BCUT2D eigenvalue weighted by Crippen LogP contribution is -2.06. The standard InChI is InChI=1S/C27H46O3/c1-2-3-4-5-6-9-13-18-25(23-28)19-14-10-7-8-11-17-22-27(29)30-24-26-20-15-12-16-21-26/h12,15-16,20-21,25,28H,2-11,13-14,17-19,22-24H2,1H3. The largest absolute Gasteiger partial charge is 0.461 e. The minimum atomic E-state index is -0.0880. The van der Waals surface area contributed by atoms with Gasteiger partial charge in [-0.05, 0) is 30.7 Å². The molecule has 0 aliphatic carbocycles. The number of hydrogen-bond donors (Lipinski definition) is 1. The highest BCUT2D eigenvalue weighted by atomic mass is 16.5. The van der Waals surface area contributed by atoms with Gasteiger partial charge in [-0.1, -0.05) is 114 Å². The number of ether oxygens (including phenoxy) is 1. The van der Waals surface area contributed by atoms with Crippen LogP contribution in [0.3, 0.4) is 0 Å². The second-order valence-electron chi connectivity index (χ2n) is 8.76. The maximum atomic E-state index is 11.8. The molecule has 1 N–H and O–H groups in total. The van der Waals surface area contributed by atoms with Gasteiger partial charge in [-0.15, -0.1) is 0 Å². The fraction of sp³-hybridized carbons (Fsp3) is 0.741. The average Bonchev–Trinajstić information content (AvgIpc) is 2.78. The van der Waals surface area contributed by atoms with Gasteiger partial charge in [0.15, 0.2) is 0 Å². The van der Waals surface area contributed by atoms with Gasteiger partial charge in [0.05, 0.1) is 0 Å². The van der Waals surface area contributed by atoms with Crippen LogP contribution >= 0.6 is 0 Å². The smallest absolute Gasteiger partial charge is 0.306 e. The zero-order valence-electron chi connectivity index (χ0n) is 19.5. The van der Waals surface area contributed by atoms with Crippen LogP contribution in [0, 0.1) is 5.92 Å². The van der Waals surface area contributed by atoms with Gasteiger partial charge >= 0.3 is 5.97 Å². The molecule has 0 aliphatic heterocycles. The van der Waals surface area contributed by atoms with Crippen molar-refractivity contribution in [2.75, 3.05) is 6.61 Å². The number of unbranched alkanes of at least 4 members (excludes halogenated alkanes) is 11.